The molecule has 1 N–H and O–H groups in total. The van der Waals surface area contributed by atoms with Crippen LogP contribution in [0.5, 0.6) is 0 Å². The third-order valence-electron chi connectivity index (χ3n) is 4.96. The summed E-state index contributed by atoms with van der Waals surface area (Å²) < 4.78 is 0. The maximum Gasteiger partial charge on any atom is 0.285 e. The van der Waals surface area contributed by atoms with Gasteiger partial charge in [0.25, 0.3) is 5.24 Å². The number of aryl methyl sites for hydroxylation is 2. The first-order valence-electron chi connectivity index (χ1n) is 9.86. The highest BCUT2D eigenvalue weighted by molar-refractivity contribution is 8.13. The van der Waals surface area contributed by atoms with Gasteiger partial charge in [-0.2, -0.15) is 0 Å². The maximum atomic E-state index is 12.5. The van der Waals surface area contributed by atoms with Crippen molar-refractivity contribution in [2.45, 2.75) is 43.4 Å². The number of hydrogen-bond acceptors (Lipinski definition) is 4. The zero-order chi connectivity index (χ0) is 20.8. The van der Waals surface area contributed by atoms with Crippen molar-refractivity contribution in [3.8, 4) is 0 Å². The third kappa shape index (κ3) is 5.94. The van der Waals surface area contributed by atoms with E-state index in [-0.39, 0.29) is 29.8 Å². The Morgan fingerprint density at radius 2 is 1.62 bits per heavy atom. The van der Waals surface area contributed by atoms with Gasteiger partial charge in [0.05, 0.1) is 0 Å². The first-order chi connectivity index (χ1) is 13.9. The van der Waals surface area contributed by atoms with Crippen molar-refractivity contribution in [1.82, 2.24) is 4.90 Å². The molecule has 0 aliphatic heterocycles. The van der Waals surface area contributed by atoms with E-state index >= 15 is 0 Å². The van der Waals surface area contributed by atoms with Crippen molar-refractivity contribution < 1.29 is 14.4 Å². The molecule has 1 aliphatic carbocycles. The van der Waals surface area contributed by atoms with Gasteiger partial charge < -0.3 is 10.2 Å². The maximum absolute atomic E-state index is 12.5. The van der Waals surface area contributed by atoms with Crippen LogP contribution in [0, 0.1) is 0 Å². The van der Waals surface area contributed by atoms with E-state index < -0.39 is 0 Å². The van der Waals surface area contributed by atoms with Crippen LogP contribution in [0.2, 0.25) is 0 Å². The zero-order valence-corrected chi connectivity index (χ0v) is 17.7. The molecule has 2 aromatic rings. The summed E-state index contributed by atoms with van der Waals surface area (Å²) in [5.41, 5.74) is 3.97. The topological polar surface area (TPSA) is 66.5 Å². The predicted molar refractivity (Wildman–Crippen MR) is 117 cm³/mol. The van der Waals surface area contributed by atoms with Crippen LogP contribution in [0.25, 0.3) is 0 Å². The fourth-order valence-corrected chi connectivity index (χ4v) is 3.96. The zero-order valence-electron chi connectivity index (χ0n) is 16.9. The van der Waals surface area contributed by atoms with Crippen LogP contribution in [0.15, 0.2) is 47.4 Å². The van der Waals surface area contributed by atoms with E-state index in [2.05, 4.69) is 11.4 Å². The number of hydrogen-bond donors (Lipinski definition) is 1. The molecule has 0 spiro atoms. The van der Waals surface area contributed by atoms with Crippen molar-refractivity contribution >= 4 is 34.4 Å². The van der Waals surface area contributed by atoms with E-state index in [0.29, 0.717) is 11.3 Å². The first-order valence-corrected chi connectivity index (χ1v) is 10.7. The average Bonchev–Trinajstić information content (AvgIpc) is 2.73. The van der Waals surface area contributed by atoms with E-state index in [9.17, 15) is 14.4 Å². The second-order valence-electron chi connectivity index (χ2n) is 7.45. The molecule has 0 radical (unpaired) electrons. The molecule has 2 amide bonds. The second-order valence-corrected chi connectivity index (χ2v) is 8.47. The van der Waals surface area contributed by atoms with E-state index in [1.54, 1.807) is 38.4 Å². The Bertz CT molecular complexity index is 907. The lowest BCUT2D eigenvalue weighted by Gasteiger charge is -2.16. The standard InChI is InChI=1S/C23H26N2O3S/c1-25(2)23(28)29-20-11-9-19(10-12-20)24-22(27)14-13-21(26)18-8-7-16-5-3-4-6-17(16)15-18/h7-12,15H,3-6,13-14H2,1-2H3,(H,24,27). The molecule has 0 fully saturated rings. The van der Waals surface area contributed by atoms with Crippen LogP contribution in [0.1, 0.15) is 47.2 Å². The van der Waals surface area contributed by atoms with Gasteiger partial charge in [-0.1, -0.05) is 12.1 Å². The Kier molecular flexibility index (Phi) is 7.09. The first kappa shape index (κ1) is 21.1. The number of nitrogens with one attached hydrogen (secondary N) is 1. The lowest BCUT2D eigenvalue weighted by molar-refractivity contribution is -0.116. The Balaban J connectivity index is 1.49. The number of fused-ring (bicyclic) bond motifs is 1. The number of carbonyl (C=O) groups excluding carboxylic acids is 3. The SMILES string of the molecule is CN(C)C(=O)Sc1ccc(NC(=O)CCC(=O)c2ccc3c(c2)CCCC3)cc1. The minimum absolute atomic E-state index is 0.00229. The van der Waals surface area contributed by atoms with Gasteiger partial charge in [-0.3, -0.25) is 14.4 Å². The number of anilines is 1. The minimum atomic E-state index is -0.193. The molecule has 152 valence electrons. The van der Waals surface area contributed by atoms with Crippen molar-refractivity contribution in [3.05, 3.63) is 59.2 Å². The van der Waals surface area contributed by atoms with Gasteiger partial charge in [0.15, 0.2) is 5.78 Å². The lowest BCUT2D eigenvalue weighted by Crippen LogP contribution is -2.16. The fraction of sp³-hybridized carbons (Fsp3) is 0.348. The van der Waals surface area contributed by atoms with Gasteiger partial charge in [-0.05, 0) is 78.9 Å². The molecule has 0 saturated carbocycles. The number of carbonyl (C=O) groups is 3. The quantitative estimate of drug-likeness (QED) is 0.541. The number of rotatable bonds is 6. The number of amides is 2. The van der Waals surface area contributed by atoms with Crippen LogP contribution in [0.3, 0.4) is 0 Å². The van der Waals surface area contributed by atoms with E-state index in [1.165, 1.54) is 28.9 Å². The van der Waals surface area contributed by atoms with E-state index in [4.69, 9.17) is 0 Å². The lowest BCUT2D eigenvalue weighted by atomic mass is 9.89. The summed E-state index contributed by atoms with van der Waals surface area (Å²) in [6.45, 7) is 0. The molecule has 0 aromatic heterocycles. The van der Waals surface area contributed by atoms with Crippen LogP contribution in [-0.2, 0) is 17.6 Å². The Morgan fingerprint density at radius 3 is 2.31 bits per heavy atom. The van der Waals surface area contributed by atoms with Gasteiger partial charge >= 0.3 is 0 Å². The summed E-state index contributed by atoms with van der Waals surface area (Å²) in [4.78, 5) is 38.7. The van der Waals surface area contributed by atoms with E-state index in [0.717, 1.165) is 29.5 Å². The average molecular weight is 411 g/mol. The Hall–Kier alpha value is -2.60. The number of nitrogens with zero attached hydrogens (tertiary/aromatic N) is 1. The molecule has 0 heterocycles. The summed E-state index contributed by atoms with van der Waals surface area (Å²) in [5, 5.41) is 2.75. The van der Waals surface area contributed by atoms with Gasteiger partial charge in [-0.15, -0.1) is 0 Å². The minimum Gasteiger partial charge on any atom is -0.339 e. The molecule has 2 aromatic carbocycles. The molecule has 3 rings (SSSR count). The van der Waals surface area contributed by atoms with Gasteiger partial charge in [0.1, 0.15) is 0 Å². The number of Topliss-reactive ketones (excluding diaryl/α,β-unsaturated/α-hetero) is 1. The Morgan fingerprint density at radius 1 is 0.931 bits per heavy atom. The molecule has 0 bridgehead atoms. The van der Waals surface area contributed by atoms with E-state index in [1.807, 2.05) is 12.1 Å². The molecule has 29 heavy (non-hydrogen) atoms. The highest BCUT2D eigenvalue weighted by Gasteiger charge is 2.14. The smallest absolute Gasteiger partial charge is 0.285 e. The number of thioether (sulfide) groups is 1. The van der Waals surface area contributed by atoms with Crippen molar-refractivity contribution in [3.63, 3.8) is 0 Å². The van der Waals surface area contributed by atoms with Crippen molar-refractivity contribution in [2.24, 2.45) is 0 Å². The van der Waals surface area contributed by atoms with Crippen molar-refractivity contribution in [2.75, 3.05) is 19.4 Å². The van der Waals surface area contributed by atoms with Crippen LogP contribution < -0.4 is 5.32 Å². The second kappa shape index (κ2) is 9.74. The summed E-state index contributed by atoms with van der Waals surface area (Å²) in [6, 6.07) is 13.0. The molecule has 1 aliphatic rings. The van der Waals surface area contributed by atoms with Gasteiger partial charge in [0, 0.05) is 43.1 Å². The predicted octanol–water partition coefficient (Wildman–Crippen LogP) is 4.94. The Labute approximate surface area is 175 Å². The fourth-order valence-electron chi connectivity index (χ4n) is 3.30. The molecule has 0 unspecified atom stereocenters. The molecule has 5 nitrogen and oxygen atoms in total. The van der Waals surface area contributed by atoms with Crippen LogP contribution in [-0.4, -0.2) is 35.9 Å². The number of ketones is 1. The summed E-state index contributed by atoms with van der Waals surface area (Å²) in [7, 11) is 3.41. The highest BCUT2D eigenvalue weighted by Crippen LogP contribution is 2.24. The van der Waals surface area contributed by atoms with Crippen LogP contribution in [0.4, 0.5) is 10.5 Å². The van der Waals surface area contributed by atoms with Crippen LogP contribution >= 0.6 is 11.8 Å². The van der Waals surface area contributed by atoms with Gasteiger partial charge in [0.2, 0.25) is 5.91 Å². The summed E-state index contributed by atoms with van der Waals surface area (Å²) in [6.07, 6.45) is 4.85. The molecule has 0 atom stereocenters. The monoisotopic (exact) mass is 410 g/mol. The summed E-state index contributed by atoms with van der Waals surface area (Å²) >= 11 is 1.13. The highest BCUT2D eigenvalue weighted by atomic mass is 32.2. The van der Waals surface area contributed by atoms with Crippen molar-refractivity contribution in [1.29, 1.82) is 0 Å². The normalized spacial score (nSPS) is 12.8. The molecule has 6 heteroatoms. The molecular formula is C23H26N2O3S. The third-order valence-corrected chi connectivity index (χ3v) is 6.01. The van der Waals surface area contributed by atoms with Gasteiger partial charge in [-0.25, -0.2) is 0 Å². The molecular weight excluding hydrogens is 384 g/mol. The largest absolute Gasteiger partial charge is 0.339 e. The molecule has 0 saturated heterocycles. The number of benzene rings is 2. The summed E-state index contributed by atoms with van der Waals surface area (Å²) in [5.74, 6) is -0.191.